The smallest absolute Gasteiger partial charge is 0.264 e. The normalized spacial score (nSPS) is 27.9. The van der Waals surface area contributed by atoms with Gasteiger partial charge in [0.25, 0.3) is 11.7 Å². The van der Waals surface area contributed by atoms with Crippen LogP contribution in [0.3, 0.4) is 0 Å². The molecule has 4 atom stereocenters. The molecular formula is C27H28N7O2+. The Bertz CT molecular complexity index is 1350. The van der Waals surface area contributed by atoms with E-state index in [1.807, 2.05) is 31.3 Å². The Morgan fingerprint density at radius 3 is 2.75 bits per heavy atom. The van der Waals surface area contributed by atoms with E-state index in [1.54, 1.807) is 42.9 Å². The minimum Gasteiger partial charge on any atom is -0.336 e. The largest absolute Gasteiger partial charge is 0.336 e. The summed E-state index contributed by atoms with van der Waals surface area (Å²) in [7, 11) is 0. The van der Waals surface area contributed by atoms with Crippen molar-refractivity contribution in [2.45, 2.75) is 44.7 Å². The number of nitrogens with zero attached hydrogens (tertiary/aromatic N) is 5. The van der Waals surface area contributed by atoms with Gasteiger partial charge in [-0.2, -0.15) is 10.8 Å². The van der Waals surface area contributed by atoms with Crippen LogP contribution >= 0.6 is 0 Å². The number of carbonyl (C=O) groups is 2. The number of anilines is 1. The zero-order valence-electron chi connectivity index (χ0n) is 20.0. The summed E-state index contributed by atoms with van der Waals surface area (Å²) < 4.78 is -0.0755. The summed E-state index contributed by atoms with van der Waals surface area (Å²) in [5.74, 6) is 8.20. The van der Waals surface area contributed by atoms with E-state index in [4.69, 9.17) is 10.8 Å². The maximum absolute atomic E-state index is 12.7. The number of hydrogen-bond acceptors (Lipinski definition) is 6. The highest BCUT2D eigenvalue weighted by atomic mass is 16.2. The van der Waals surface area contributed by atoms with Gasteiger partial charge in [0.2, 0.25) is 11.6 Å². The molecule has 2 saturated heterocycles. The molecule has 2 amide bonds. The minimum absolute atomic E-state index is 0.0755. The Balaban J connectivity index is 1.30. The van der Waals surface area contributed by atoms with Crippen molar-refractivity contribution < 1.29 is 14.2 Å². The molecule has 4 aliphatic heterocycles. The van der Waals surface area contributed by atoms with E-state index in [2.05, 4.69) is 20.2 Å². The molecule has 3 N–H and O–H groups in total. The number of nitrogens with two attached hydrogens (primary N) is 1. The maximum Gasteiger partial charge on any atom is 0.264 e. The van der Waals surface area contributed by atoms with E-state index in [-0.39, 0.29) is 34.4 Å². The number of fused-ring (bicyclic) bond motifs is 3. The number of amidine groups is 1. The fraction of sp³-hybridized carbons (Fsp3) is 0.296. The highest BCUT2D eigenvalue weighted by Gasteiger charge is 2.54. The highest BCUT2D eigenvalue weighted by Crippen LogP contribution is 2.48. The Labute approximate surface area is 209 Å². The van der Waals surface area contributed by atoms with Gasteiger partial charge in [0.05, 0.1) is 18.0 Å². The molecule has 1 aromatic carbocycles. The van der Waals surface area contributed by atoms with Crippen LogP contribution in [0.4, 0.5) is 5.82 Å². The number of pyridine rings is 1. The third-order valence-corrected chi connectivity index (χ3v) is 7.61. The van der Waals surface area contributed by atoms with Crippen LogP contribution in [0, 0.1) is 5.92 Å². The maximum atomic E-state index is 12.7. The predicted octanol–water partition coefficient (Wildman–Crippen LogP) is 3.34. The quantitative estimate of drug-likeness (QED) is 0.503. The first-order valence-corrected chi connectivity index (χ1v) is 12.4. The number of nitrogens with one attached hydrogen (secondary N) is 1. The molecule has 4 aliphatic rings. The first-order chi connectivity index (χ1) is 17.5. The average Bonchev–Trinajstić information content (AvgIpc) is 3.58. The second-order valence-corrected chi connectivity index (χ2v) is 9.60. The van der Waals surface area contributed by atoms with Gasteiger partial charge in [0.15, 0.2) is 0 Å². The van der Waals surface area contributed by atoms with Gasteiger partial charge in [0.1, 0.15) is 17.7 Å². The number of aromatic nitrogens is 1. The van der Waals surface area contributed by atoms with Crippen LogP contribution in [0.5, 0.6) is 0 Å². The molecule has 0 spiro atoms. The van der Waals surface area contributed by atoms with Crippen molar-refractivity contribution in [2.75, 3.05) is 5.32 Å². The van der Waals surface area contributed by atoms with Gasteiger partial charge in [-0.05, 0) is 55.7 Å². The first kappa shape index (κ1) is 22.5. The lowest BCUT2D eigenvalue weighted by atomic mass is 9.86. The number of rotatable bonds is 5. The summed E-state index contributed by atoms with van der Waals surface area (Å²) in [4.78, 5) is 41.0. The van der Waals surface area contributed by atoms with Crippen molar-refractivity contribution in [2.24, 2.45) is 21.7 Å². The second kappa shape index (κ2) is 8.61. The van der Waals surface area contributed by atoms with Gasteiger partial charge in [-0.25, -0.2) is 4.98 Å². The third kappa shape index (κ3) is 3.51. The molecule has 0 radical (unpaired) electrons. The van der Waals surface area contributed by atoms with Gasteiger partial charge >= 0.3 is 0 Å². The van der Waals surface area contributed by atoms with Crippen LogP contribution in [0.1, 0.15) is 48.5 Å². The number of amides is 2. The van der Waals surface area contributed by atoms with Gasteiger partial charge in [-0.3, -0.25) is 14.6 Å². The van der Waals surface area contributed by atoms with Crippen molar-refractivity contribution in [3.63, 3.8) is 0 Å². The van der Waals surface area contributed by atoms with Crippen molar-refractivity contribution >= 4 is 29.7 Å². The average molecular weight is 483 g/mol. The van der Waals surface area contributed by atoms with Crippen LogP contribution in [-0.4, -0.2) is 50.4 Å². The molecule has 1 aromatic heterocycles. The standard InChI is InChI=1S/C27H27N7O2/c1-2-24(35)33-19-10-11-21(33)20(15-19)25-22-16-29-13-14-34(22,28)26(32-25)17-6-8-18(9-7-17)27(36)31-23-5-3-4-12-30-23/h3-9,12-14,16,19-21H,2,10-11,15,28H2,1H3/p+1. The zero-order valence-corrected chi connectivity index (χ0v) is 20.0. The summed E-state index contributed by atoms with van der Waals surface area (Å²) >= 11 is 0. The van der Waals surface area contributed by atoms with E-state index in [0.717, 1.165) is 36.2 Å². The number of hydrogen-bond donors (Lipinski definition) is 2. The molecule has 0 saturated carbocycles. The molecule has 2 bridgehead atoms. The van der Waals surface area contributed by atoms with Crippen LogP contribution in [0.15, 0.2) is 82.4 Å². The summed E-state index contributed by atoms with van der Waals surface area (Å²) in [5.41, 5.74) is 3.09. The summed E-state index contributed by atoms with van der Waals surface area (Å²) in [6.45, 7) is 1.92. The number of carbonyl (C=O) groups excluding carboxylic acids is 2. The van der Waals surface area contributed by atoms with Crippen molar-refractivity contribution in [3.05, 3.63) is 83.6 Å². The molecule has 2 fully saturated rings. The molecule has 4 unspecified atom stereocenters. The number of aliphatic imine (C=N–C) groups is 2. The van der Waals surface area contributed by atoms with E-state index >= 15 is 0 Å². The zero-order chi connectivity index (χ0) is 24.9. The SMILES string of the molecule is CCC(=O)N1C2CCC1C(C1=C3C=NC=C[N+]3(N)C(c3ccc(C(=O)Nc4ccccn4)cc3)=N1)C2. The number of quaternary nitrogens is 1. The van der Waals surface area contributed by atoms with Crippen molar-refractivity contribution in [3.8, 4) is 0 Å². The van der Waals surface area contributed by atoms with Crippen molar-refractivity contribution in [1.29, 1.82) is 0 Å². The van der Waals surface area contributed by atoms with Gasteiger partial charge in [-0.1, -0.05) is 13.0 Å². The summed E-state index contributed by atoms with van der Waals surface area (Å²) in [6.07, 6.45) is 10.4. The fourth-order valence-corrected chi connectivity index (χ4v) is 5.93. The van der Waals surface area contributed by atoms with Crippen molar-refractivity contribution in [1.82, 2.24) is 9.88 Å². The molecule has 36 heavy (non-hydrogen) atoms. The lowest BCUT2D eigenvalue weighted by Crippen LogP contribution is -2.53. The number of benzene rings is 1. The molecule has 9 nitrogen and oxygen atoms in total. The lowest BCUT2D eigenvalue weighted by molar-refractivity contribution is -0.750. The van der Waals surface area contributed by atoms with Crippen LogP contribution < -0.4 is 11.2 Å². The molecular weight excluding hydrogens is 454 g/mol. The summed E-state index contributed by atoms with van der Waals surface area (Å²) in [5, 5.41) is 2.80. The fourth-order valence-electron chi connectivity index (χ4n) is 5.93. The molecule has 0 aliphatic carbocycles. The predicted molar refractivity (Wildman–Crippen MR) is 136 cm³/mol. The van der Waals surface area contributed by atoms with E-state index in [1.165, 1.54) is 0 Å². The third-order valence-electron chi connectivity index (χ3n) is 7.61. The Morgan fingerprint density at radius 2 is 2.00 bits per heavy atom. The van der Waals surface area contributed by atoms with Gasteiger partial charge in [-0.15, -0.1) is 4.59 Å². The lowest BCUT2D eigenvalue weighted by Gasteiger charge is -2.27. The Kier molecular flexibility index (Phi) is 5.39. The highest BCUT2D eigenvalue weighted by molar-refractivity contribution is 6.05. The summed E-state index contributed by atoms with van der Waals surface area (Å²) in [6, 6.07) is 13.0. The molecule has 182 valence electrons. The molecule has 9 heteroatoms. The Hall–Kier alpha value is -3.95. The van der Waals surface area contributed by atoms with Crippen LogP contribution in [0.25, 0.3) is 0 Å². The van der Waals surface area contributed by atoms with E-state index in [9.17, 15) is 9.59 Å². The van der Waals surface area contributed by atoms with Gasteiger partial charge in [0, 0.05) is 36.2 Å². The van der Waals surface area contributed by atoms with Crippen LogP contribution in [-0.2, 0) is 4.79 Å². The Morgan fingerprint density at radius 1 is 1.17 bits per heavy atom. The molecule has 6 rings (SSSR count). The number of allylic oxidation sites excluding steroid dienone is 1. The van der Waals surface area contributed by atoms with E-state index < -0.39 is 0 Å². The minimum atomic E-state index is -0.238. The second-order valence-electron chi connectivity index (χ2n) is 9.60. The topological polar surface area (TPSA) is 113 Å². The van der Waals surface area contributed by atoms with Crippen LogP contribution in [0.2, 0.25) is 0 Å². The first-order valence-electron chi connectivity index (χ1n) is 12.4. The van der Waals surface area contributed by atoms with Gasteiger partial charge < -0.3 is 10.2 Å². The molecule has 2 aromatic rings. The molecule has 5 heterocycles. The van der Waals surface area contributed by atoms with E-state index in [0.29, 0.717) is 23.6 Å². The monoisotopic (exact) mass is 482 g/mol.